The van der Waals surface area contributed by atoms with Gasteiger partial charge in [0.05, 0.1) is 5.69 Å². The molecule has 0 aliphatic rings. The smallest absolute Gasteiger partial charge is 0.238 e. The molecule has 18 heavy (non-hydrogen) atoms. The summed E-state index contributed by atoms with van der Waals surface area (Å²) in [5.41, 5.74) is 0.569. The Kier molecular flexibility index (Phi) is 3.53. The number of sulfonamides is 1. The second-order valence-electron chi connectivity index (χ2n) is 3.63. The summed E-state index contributed by atoms with van der Waals surface area (Å²) in [7, 11) is -3.59. The number of pyridine rings is 1. The fraction of sp³-hybridized carbons (Fsp3) is 0.200. The number of hydrogen-bond donors (Lipinski definition) is 1. The van der Waals surface area contributed by atoms with Crippen molar-refractivity contribution in [2.24, 2.45) is 0 Å². The van der Waals surface area contributed by atoms with Crippen LogP contribution in [0.1, 0.15) is 11.5 Å². The molecular weight excluding hydrogens is 278 g/mol. The van der Waals surface area contributed by atoms with Crippen molar-refractivity contribution in [3.05, 3.63) is 41.0 Å². The van der Waals surface area contributed by atoms with Gasteiger partial charge in [0.15, 0.2) is 5.15 Å². The van der Waals surface area contributed by atoms with E-state index in [0.29, 0.717) is 11.5 Å². The number of hydrogen-bond acceptors (Lipinski definition) is 5. The summed E-state index contributed by atoms with van der Waals surface area (Å²) in [6.45, 7) is 1.69. The van der Waals surface area contributed by atoms with Crippen LogP contribution in [0.3, 0.4) is 0 Å². The van der Waals surface area contributed by atoms with E-state index in [0.717, 1.165) is 0 Å². The number of nitrogens with one attached hydrogen (secondary N) is 1. The Morgan fingerprint density at radius 3 is 2.89 bits per heavy atom. The summed E-state index contributed by atoms with van der Waals surface area (Å²) in [4.78, 5) is 3.78. The fourth-order valence-electron chi connectivity index (χ4n) is 1.35. The molecule has 0 atom stereocenters. The summed E-state index contributed by atoms with van der Waals surface area (Å²) in [6, 6.07) is 4.68. The van der Waals surface area contributed by atoms with Gasteiger partial charge in [0.25, 0.3) is 0 Å². The number of aromatic nitrogens is 2. The first-order chi connectivity index (χ1) is 8.46. The lowest BCUT2D eigenvalue weighted by Crippen LogP contribution is -2.15. The minimum atomic E-state index is -3.59. The summed E-state index contributed by atoms with van der Waals surface area (Å²) in [6.07, 6.45) is 1.47. The van der Waals surface area contributed by atoms with Gasteiger partial charge in [-0.05, 0) is 19.1 Å². The highest BCUT2D eigenvalue weighted by atomic mass is 35.5. The standard InChI is InChI=1S/C10H10ClN3O3S/c1-7-5-8(13-17-7)6-18(15,16)14-9-3-2-4-12-10(9)11/h2-5,14H,6H2,1H3. The van der Waals surface area contributed by atoms with Crippen molar-refractivity contribution in [1.82, 2.24) is 10.1 Å². The van der Waals surface area contributed by atoms with Gasteiger partial charge in [0, 0.05) is 12.3 Å². The predicted molar refractivity (Wildman–Crippen MR) is 66.7 cm³/mol. The average molecular weight is 288 g/mol. The van der Waals surface area contributed by atoms with Crippen molar-refractivity contribution in [3.8, 4) is 0 Å². The van der Waals surface area contributed by atoms with Crippen molar-refractivity contribution in [1.29, 1.82) is 0 Å². The third kappa shape index (κ3) is 3.21. The van der Waals surface area contributed by atoms with E-state index in [1.807, 2.05) is 0 Å². The molecule has 2 rings (SSSR count). The Labute approximate surface area is 109 Å². The highest BCUT2D eigenvalue weighted by molar-refractivity contribution is 7.91. The maximum Gasteiger partial charge on any atom is 0.238 e. The summed E-state index contributed by atoms with van der Waals surface area (Å²) < 4.78 is 30.8. The van der Waals surface area contributed by atoms with E-state index in [2.05, 4.69) is 14.9 Å². The number of aryl methyl sites for hydroxylation is 1. The van der Waals surface area contributed by atoms with E-state index < -0.39 is 10.0 Å². The predicted octanol–water partition coefficient (Wildman–Crippen LogP) is 1.97. The van der Waals surface area contributed by atoms with Crippen molar-refractivity contribution in [2.75, 3.05) is 4.72 Å². The van der Waals surface area contributed by atoms with Crippen LogP contribution >= 0.6 is 11.6 Å². The van der Waals surface area contributed by atoms with Crippen LogP contribution in [-0.2, 0) is 15.8 Å². The van der Waals surface area contributed by atoms with E-state index in [9.17, 15) is 8.42 Å². The quantitative estimate of drug-likeness (QED) is 0.869. The van der Waals surface area contributed by atoms with Gasteiger partial charge in [0.2, 0.25) is 10.0 Å². The molecule has 2 aromatic rings. The van der Waals surface area contributed by atoms with Crippen LogP contribution in [0.2, 0.25) is 5.15 Å². The van der Waals surface area contributed by atoms with Crippen LogP contribution in [-0.4, -0.2) is 18.6 Å². The first-order valence-electron chi connectivity index (χ1n) is 4.99. The van der Waals surface area contributed by atoms with Crippen LogP contribution < -0.4 is 4.72 Å². The topological polar surface area (TPSA) is 85.1 Å². The van der Waals surface area contributed by atoms with Crippen LogP contribution in [0.25, 0.3) is 0 Å². The van der Waals surface area contributed by atoms with Gasteiger partial charge in [-0.2, -0.15) is 0 Å². The molecule has 8 heteroatoms. The SMILES string of the molecule is Cc1cc(CS(=O)(=O)Nc2cccnc2Cl)no1. The normalized spacial score (nSPS) is 11.4. The van der Waals surface area contributed by atoms with E-state index >= 15 is 0 Å². The first kappa shape index (κ1) is 12.8. The molecule has 0 amide bonds. The van der Waals surface area contributed by atoms with Crippen LogP contribution in [0.15, 0.2) is 28.9 Å². The van der Waals surface area contributed by atoms with Crippen LogP contribution in [0, 0.1) is 6.92 Å². The maximum absolute atomic E-state index is 11.9. The molecule has 2 heterocycles. The fourth-order valence-corrected chi connectivity index (χ4v) is 2.67. The molecule has 0 unspecified atom stereocenters. The first-order valence-corrected chi connectivity index (χ1v) is 7.02. The Morgan fingerprint density at radius 2 is 2.28 bits per heavy atom. The van der Waals surface area contributed by atoms with Crippen molar-refractivity contribution in [3.63, 3.8) is 0 Å². The molecule has 0 aliphatic heterocycles. The van der Waals surface area contributed by atoms with Crippen LogP contribution in [0.5, 0.6) is 0 Å². The summed E-state index contributed by atoms with van der Waals surface area (Å²) in [5.74, 6) is 0.273. The second-order valence-corrected chi connectivity index (χ2v) is 5.71. The molecule has 6 nitrogen and oxygen atoms in total. The average Bonchev–Trinajstić information content (AvgIpc) is 2.66. The van der Waals surface area contributed by atoms with Gasteiger partial charge in [0.1, 0.15) is 17.2 Å². The van der Waals surface area contributed by atoms with Crippen molar-refractivity contribution >= 4 is 27.3 Å². The van der Waals surface area contributed by atoms with Gasteiger partial charge in [-0.1, -0.05) is 16.8 Å². The molecule has 0 bridgehead atoms. The number of nitrogens with zero attached hydrogens (tertiary/aromatic N) is 2. The molecule has 0 aliphatic carbocycles. The van der Waals surface area contributed by atoms with Crippen LogP contribution in [0.4, 0.5) is 5.69 Å². The van der Waals surface area contributed by atoms with E-state index in [4.69, 9.17) is 16.1 Å². The zero-order valence-corrected chi connectivity index (χ0v) is 11.0. The molecule has 1 N–H and O–H groups in total. The molecule has 0 saturated carbocycles. The molecule has 0 fully saturated rings. The minimum absolute atomic E-state index is 0.0948. The number of halogens is 1. The molecule has 2 aromatic heterocycles. The third-order valence-electron chi connectivity index (χ3n) is 2.04. The van der Waals surface area contributed by atoms with E-state index in [1.54, 1.807) is 19.1 Å². The van der Waals surface area contributed by atoms with Gasteiger partial charge >= 0.3 is 0 Å². The lowest BCUT2D eigenvalue weighted by molar-refractivity contribution is 0.392. The molecule has 0 radical (unpaired) electrons. The highest BCUT2D eigenvalue weighted by Gasteiger charge is 2.16. The summed E-state index contributed by atoms with van der Waals surface area (Å²) >= 11 is 5.77. The minimum Gasteiger partial charge on any atom is -0.361 e. The Morgan fingerprint density at radius 1 is 1.50 bits per heavy atom. The zero-order chi connectivity index (χ0) is 13.2. The summed E-state index contributed by atoms with van der Waals surface area (Å²) in [5, 5.41) is 3.72. The maximum atomic E-state index is 11.9. The van der Waals surface area contributed by atoms with Gasteiger partial charge < -0.3 is 4.52 Å². The van der Waals surface area contributed by atoms with Crippen molar-refractivity contribution < 1.29 is 12.9 Å². The highest BCUT2D eigenvalue weighted by Crippen LogP contribution is 2.20. The van der Waals surface area contributed by atoms with Gasteiger partial charge in [-0.15, -0.1) is 0 Å². The molecule has 0 saturated heterocycles. The largest absolute Gasteiger partial charge is 0.361 e. The molecule has 0 spiro atoms. The zero-order valence-electron chi connectivity index (χ0n) is 9.42. The third-order valence-corrected chi connectivity index (χ3v) is 3.55. The lowest BCUT2D eigenvalue weighted by atomic mass is 10.4. The lowest BCUT2D eigenvalue weighted by Gasteiger charge is -2.06. The van der Waals surface area contributed by atoms with Gasteiger partial charge in [-0.25, -0.2) is 13.4 Å². The molecular formula is C10H10ClN3O3S. The van der Waals surface area contributed by atoms with Crippen molar-refractivity contribution in [2.45, 2.75) is 12.7 Å². The molecule has 0 aromatic carbocycles. The second kappa shape index (κ2) is 4.95. The monoisotopic (exact) mass is 287 g/mol. The Balaban J connectivity index is 2.15. The number of anilines is 1. The Hall–Kier alpha value is -1.60. The van der Waals surface area contributed by atoms with Gasteiger partial charge in [-0.3, -0.25) is 4.72 Å². The molecule has 96 valence electrons. The van der Waals surface area contributed by atoms with E-state index in [1.165, 1.54) is 12.3 Å². The number of rotatable bonds is 4. The van der Waals surface area contributed by atoms with E-state index in [-0.39, 0.29) is 16.6 Å². The Bertz CT molecular complexity index is 654.